The molecule has 1 heterocycles. The van der Waals surface area contributed by atoms with Gasteiger partial charge < -0.3 is 20.5 Å². The van der Waals surface area contributed by atoms with Gasteiger partial charge in [0.2, 0.25) is 5.91 Å². The summed E-state index contributed by atoms with van der Waals surface area (Å²) in [4.78, 5) is 13.9. The minimum Gasteiger partial charge on any atom is -0.386 e. The molecule has 2 atom stereocenters. The zero-order valence-corrected chi connectivity index (χ0v) is 13.3. The summed E-state index contributed by atoms with van der Waals surface area (Å²) >= 11 is 0. The predicted molar refractivity (Wildman–Crippen MR) is 89.9 cm³/mol. The molecule has 1 aliphatic heterocycles. The number of likely N-dealkylation sites (tertiary alicyclic amines) is 1. The van der Waals surface area contributed by atoms with Gasteiger partial charge in [-0.05, 0) is 30.5 Å². The number of aliphatic hydroxyl groups excluding tert-OH is 1. The Balaban J connectivity index is 0.00000242. The number of aliphatic hydroxyl groups is 1. The van der Waals surface area contributed by atoms with Crippen LogP contribution in [0.15, 0.2) is 24.3 Å². The molecule has 0 saturated carbocycles. The fraction of sp³-hybridized carbons (Fsp3) is 0.562. The second-order valence-corrected chi connectivity index (χ2v) is 5.28. The van der Waals surface area contributed by atoms with Crippen LogP contribution in [0.3, 0.4) is 0 Å². The normalized spacial score (nSPS) is 17.7. The highest BCUT2D eigenvalue weighted by Gasteiger charge is 2.30. The standard InChI is InChI=1S/C15H21FN2O3.CH4.ClH/c1-21-12-6-8-18(9-7-12)15(20)13(17)14(19)10-2-4-11(16)5-3-10;;/h2-5,12-14,19H,6-9,17H2,1H3;1H4;1H/t13-,14+;;/m1../s1. The average Bonchev–Trinajstić information content (AvgIpc) is 2.53. The first-order valence-electron chi connectivity index (χ1n) is 7.03. The summed E-state index contributed by atoms with van der Waals surface area (Å²) in [6.45, 7) is 1.14. The number of piperidine rings is 1. The van der Waals surface area contributed by atoms with Crippen LogP contribution in [0, 0.1) is 5.82 Å². The van der Waals surface area contributed by atoms with Crippen molar-refractivity contribution in [2.24, 2.45) is 5.73 Å². The molecule has 1 aromatic rings. The summed E-state index contributed by atoms with van der Waals surface area (Å²) in [7, 11) is 1.66. The van der Waals surface area contributed by atoms with Crippen molar-refractivity contribution in [3.05, 3.63) is 35.6 Å². The van der Waals surface area contributed by atoms with E-state index in [1.807, 2.05) is 0 Å². The van der Waals surface area contributed by atoms with E-state index in [1.54, 1.807) is 12.0 Å². The number of nitrogens with zero attached hydrogens (tertiary/aromatic N) is 1. The van der Waals surface area contributed by atoms with E-state index in [0.29, 0.717) is 18.7 Å². The summed E-state index contributed by atoms with van der Waals surface area (Å²) in [5, 5.41) is 10.2. The van der Waals surface area contributed by atoms with Crippen molar-refractivity contribution in [3.63, 3.8) is 0 Å². The fourth-order valence-electron chi connectivity index (χ4n) is 2.53. The van der Waals surface area contributed by atoms with E-state index < -0.39 is 18.0 Å². The van der Waals surface area contributed by atoms with Crippen LogP contribution in [-0.2, 0) is 9.53 Å². The number of carbonyl (C=O) groups is 1. The molecule has 2 rings (SSSR count). The van der Waals surface area contributed by atoms with Crippen molar-refractivity contribution >= 4 is 18.3 Å². The number of halogens is 2. The van der Waals surface area contributed by atoms with E-state index in [4.69, 9.17) is 10.5 Å². The molecule has 0 aliphatic carbocycles. The Morgan fingerprint density at radius 2 is 1.87 bits per heavy atom. The molecule has 7 heteroatoms. The van der Waals surface area contributed by atoms with Gasteiger partial charge in [-0.2, -0.15) is 0 Å². The van der Waals surface area contributed by atoms with Crippen LogP contribution >= 0.6 is 12.4 Å². The summed E-state index contributed by atoms with van der Waals surface area (Å²) in [6, 6.07) is 4.29. The maximum absolute atomic E-state index is 12.9. The van der Waals surface area contributed by atoms with Gasteiger partial charge in [0.25, 0.3) is 0 Å². The summed E-state index contributed by atoms with van der Waals surface area (Å²) in [6.07, 6.45) is 0.564. The van der Waals surface area contributed by atoms with E-state index in [0.717, 1.165) is 12.8 Å². The number of hydrogen-bond donors (Lipinski definition) is 2. The molecule has 1 fully saturated rings. The molecule has 3 N–H and O–H groups in total. The molecule has 0 bridgehead atoms. The van der Waals surface area contributed by atoms with Crippen molar-refractivity contribution in [1.82, 2.24) is 4.90 Å². The Morgan fingerprint density at radius 3 is 2.35 bits per heavy atom. The van der Waals surface area contributed by atoms with Gasteiger partial charge in [0.1, 0.15) is 18.0 Å². The van der Waals surface area contributed by atoms with E-state index in [2.05, 4.69) is 0 Å². The maximum Gasteiger partial charge on any atom is 0.242 e. The molecule has 132 valence electrons. The predicted octanol–water partition coefficient (Wildman–Crippen LogP) is 1.88. The molecule has 23 heavy (non-hydrogen) atoms. The SMILES string of the molecule is C.COC1CCN(C(=O)[C@H](N)[C@@H](O)c2ccc(F)cc2)CC1.Cl. The monoisotopic (exact) mass is 348 g/mol. The first-order chi connectivity index (χ1) is 10.0. The lowest BCUT2D eigenvalue weighted by Crippen LogP contribution is -2.50. The minimum atomic E-state index is -1.14. The van der Waals surface area contributed by atoms with Gasteiger partial charge in [-0.15, -0.1) is 12.4 Å². The van der Waals surface area contributed by atoms with Gasteiger partial charge in [0.15, 0.2) is 0 Å². The van der Waals surface area contributed by atoms with Gasteiger partial charge in [0, 0.05) is 20.2 Å². The van der Waals surface area contributed by atoms with Gasteiger partial charge in [0.05, 0.1) is 6.10 Å². The van der Waals surface area contributed by atoms with Crippen LogP contribution in [0.1, 0.15) is 31.9 Å². The number of carbonyl (C=O) groups excluding carboxylic acids is 1. The molecule has 0 unspecified atom stereocenters. The van der Waals surface area contributed by atoms with Crippen LogP contribution < -0.4 is 5.73 Å². The third kappa shape index (κ3) is 5.42. The van der Waals surface area contributed by atoms with Gasteiger partial charge in [-0.25, -0.2) is 4.39 Å². The fourth-order valence-corrected chi connectivity index (χ4v) is 2.53. The molecule has 1 amide bonds. The van der Waals surface area contributed by atoms with E-state index in [9.17, 15) is 14.3 Å². The van der Waals surface area contributed by atoms with E-state index in [1.165, 1.54) is 24.3 Å². The number of nitrogens with two attached hydrogens (primary N) is 1. The van der Waals surface area contributed by atoms with Crippen molar-refractivity contribution in [1.29, 1.82) is 0 Å². The largest absolute Gasteiger partial charge is 0.386 e. The molecule has 1 saturated heterocycles. The van der Waals surface area contributed by atoms with Crippen molar-refractivity contribution in [2.75, 3.05) is 20.2 Å². The van der Waals surface area contributed by atoms with E-state index >= 15 is 0 Å². The summed E-state index contributed by atoms with van der Waals surface area (Å²) < 4.78 is 18.1. The second kappa shape index (κ2) is 9.82. The van der Waals surface area contributed by atoms with Crippen molar-refractivity contribution in [2.45, 2.75) is 38.5 Å². The zero-order chi connectivity index (χ0) is 15.4. The first kappa shape index (κ1) is 21.8. The number of rotatable bonds is 4. The van der Waals surface area contributed by atoms with Crippen LogP contribution in [0.2, 0.25) is 0 Å². The third-order valence-electron chi connectivity index (χ3n) is 3.92. The highest BCUT2D eigenvalue weighted by atomic mass is 35.5. The van der Waals surface area contributed by atoms with E-state index in [-0.39, 0.29) is 31.8 Å². The van der Waals surface area contributed by atoms with Gasteiger partial charge in [-0.1, -0.05) is 19.6 Å². The Bertz CT molecular complexity index is 479. The average molecular weight is 349 g/mol. The highest BCUT2D eigenvalue weighted by molar-refractivity contribution is 5.85. The zero-order valence-electron chi connectivity index (χ0n) is 12.4. The molecule has 1 aliphatic rings. The molecule has 0 radical (unpaired) electrons. The lowest BCUT2D eigenvalue weighted by molar-refractivity contribution is -0.137. The minimum absolute atomic E-state index is 0. The molecular weight excluding hydrogens is 323 g/mol. The molecule has 5 nitrogen and oxygen atoms in total. The Kier molecular flexibility index (Phi) is 9.31. The van der Waals surface area contributed by atoms with Crippen LogP contribution in [0.4, 0.5) is 4.39 Å². The summed E-state index contributed by atoms with van der Waals surface area (Å²) in [5.41, 5.74) is 6.30. The van der Waals surface area contributed by atoms with Crippen LogP contribution in [-0.4, -0.2) is 48.3 Å². The third-order valence-corrected chi connectivity index (χ3v) is 3.92. The highest BCUT2D eigenvalue weighted by Crippen LogP contribution is 2.20. The Morgan fingerprint density at radius 1 is 1.35 bits per heavy atom. The first-order valence-corrected chi connectivity index (χ1v) is 7.03. The Labute approximate surface area is 143 Å². The van der Waals surface area contributed by atoms with Gasteiger partial charge in [-0.3, -0.25) is 4.79 Å². The number of hydrogen-bond acceptors (Lipinski definition) is 4. The molecular formula is C16H26ClFN2O3. The van der Waals surface area contributed by atoms with Crippen molar-refractivity contribution < 1.29 is 19.0 Å². The number of ether oxygens (including phenoxy) is 1. The molecule has 0 aromatic heterocycles. The van der Waals surface area contributed by atoms with Crippen molar-refractivity contribution in [3.8, 4) is 0 Å². The molecule has 0 spiro atoms. The van der Waals surface area contributed by atoms with Crippen LogP contribution in [0.5, 0.6) is 0 Å². The number of methoxy groups -OCH3 is 1. The lowest BCUT2D eigenvalue weighted by atomic mass is 10.00. The van der Waals surface area contributed by atoms with Crippen LogP contribution in [0.25, 0.3) is 0 Å². The second-order valence-electron chi connectivity index (χ2n) is 5.28. The summed E-state index contributed by atoms with van der Waals surface area (Å²) in [5.74, 6) is -0.686. The topological polar surface area (TPSA) is 75.8 Å². The smallest absolute Gasteiger partial charge is 0.242 e. The Hall–Kier alpha value is -1.21. The molecule has 1 aromatic carbocycles. The lowest BCUT2D eigenvalue weighted by Gasteiger charge is -2.33. The van der Waals surface area contributed by atoms with Gasteiger partial charge >= 0.3 is 0 Å². The quantitative estimate of drug-likeness (QED) is 0.871. The maximum atomic E-state index is 12.9. The number of amides is 1. The number of benzene rings is 1.